The number of hydrogen-bond acceptors (Lipinski definition) is 6. The Labute approximate surface area is 146 Å². The minimum Gasteiger partial charge on any atom is -0.505 e. The summed E-state index contributed by atoms with van der Waals surface area (Å²) in [7, 11) is 1.78. The molecule has 6 heteroatoms. The van der Waals surface area contributed by atoms with Crippen molar-refractivity contribution in [2.45, 2.75) is 20.3 Å². The zero-order chi connectivity index (χ0) is 18.7. The summed E-state index contributed by atoms with van der Waals surface area (Å²) in [5.74, 6) is -1.86. The summed E-state index contributed by atoms with van der Waals surface area (Å²) >= 11 is 0. The number of nitrogens with zero attached hydrogens (tertiary/aromatic N) is 1. The number of hydrogen-bond donors (Lipinski definition) is 5. The fraction of sp³-hybridized carbons (Fsp3) is 0.263. The lowest BCUT2D eigenvalue weighted by atomic mass is 9.97. The third kappa shape index (κ3) is 3.49. The van der Waals surface area contributed by atoms with E-state index in [1.165, 1.54) is 12.1 Å². The summed E-state index contributed by atoms with van der Waals surface area (Å²) in [6.45, 7) is 3.70. The van der Waals surface area contributed by atoms with Crippen LogP contribution in [-0.2, 0) is 0 Å². The highest BCUT2D eigenvalue weighted by Gasteiger charge is 2.29. The molecule has 0 aromatic heterocycles. The summed E-state index contributed by atoms with van der Waals surface area (Å²) < 4.78 is 0. The Morgan fingerprint density at radius 2 is 1.88 bits per heavy atom. The summed E-state index contributed by atoms with van der Waals surface area (Å²) in [5.41, 5.74) is 3.29. The van der Waals surface area contributed by atoms with E-state index in [0.717, 1.165) is 16.8 Å². The fourth-order valence-electron chi connectivity index (χ4n) is 2.56. The Hall–Kier alpha value is -2.86. The quantitative estimate of drug-likeness (QED) is 0.326. The molecule has 0 atom stereocenters. The van der Waals surface area contributed by atoms with Gasteiger partial charge in [-0.15, -0.1) is 0 Å². The van der Waals surface area contributed by atoms with Gasteiger partial charge in [0.05, 0.1) is 17.9 Å². The van der Waals surface area contributed by atoms with Crippen molar-refractivity contribution >= 4 is 5.76 Å². The van der Waals surface area contributed by atoms with Gasteiger partial charge in [-0.05, 0) is 43.2 Å². The molecule has 1 aliphatic heterocycles. The van der Waals surface area contributed by atoms with Gasteiger partial charge in [-0.2, -0.15) is 0 Å². The highest BCUT2D eigenvalue weighted by Crippen LogP contribution is 2.43. The van der Waals surface area contributed by atoms with Crippen LogP contribution < -0.4 is 0 Å². The molecule has 1 saturated heterocycles. The molecule has 0 amide bonds. The zero-order valence-corrected chi connectivity index (χ0v) is 14.5. The van der Waals surface area contributed by atoms with E-state index in [1.54, 1.807) is 11.9 Å². The molecular formula is C19H23NO5. The van der Waals surface area contributed by atoms with Crippen LogP contribution in [0.4, 0.5) is 0 Å². The molecule has 2 rings (SSSR count). The van der Waals surface area contributed by atoms with E-state index in [1.807, 2.05) is 32.1 Å². The molecule has 0 spiro atoms. The topological polar surface area (TPSA) is 104 Å². The SMILES string of the molecule is C/C=C/C(/C=C1/CC(=C(O)c2ccc(O)c(O)c2O)N1C)=C(\C)CO. The lowest BCUT2D eigenvalue weighted by Gasteiger charge is -2.37. The van der Waals surface area contributed by atoms with Crippen LogP contribution in [0.15, 0.2) is 52.9 Å². The molecule has 1 aliphatic rings. The number of aliphatic hydroxyl groups is 2. The van der Waals surface area contributed by atoms with Crippen molar-refractivity contribution in [3.63, 3.8) is 0 Å². The van der Waals surface area contributed by atoms with Crippen molar-refractivity contribution in [2.24, 2.45) is 0 Å². The van der Waals surface area contributed by atoms with Crippen LogP contribution in [0.5, 0.6) is 17.2 Å². The minimum absolute atomic E-state index is 0.0399. The molecule has 0 radical (unpaired) electrons. The Bertz CT molecular complexity index is 802. The molecule has 25 heavy (non-hydrogen) atoms. The van der Waals surface area contributed by atoms with Gasteiger partial charge in [0, 0.05) is 19.2 Å². The average Bonchev–Trinajstić information content (AvgIpc) is 2.60. The predicted octanol–water partition coefficient (Wildman–Crippen LogP) is 3.13. The predicted molar refractivity (Wildman–Crippen MR) is 96.0 cm³/mol. The van der Waals surface area contributed by atoms with Crippen molar-refractivity contribution in [3.8, 4) is 17.2 Å². The molecule has 0 bridgehead atoms. The number of benzene rings is 1. The number of phenolic OH excluding ortho intramolecular Hbond substituents is 3. The van der Waals surface area contributed by atoms with Gasteiger partial charge in [-0.25, -0.2) is 0 Å². The molecule has 134 valence electrons. The molecule has 0 unspecified atom stereocenters. The van der Waals surface area contributed by atoms with E-state index >= 15 is 0 Å². The van der Waals surface area contributed by atoms with E-state index in [9.17, 15) is 25.5 Å². The van der Waals surface area contributed by atoms with Crippen molar-refractivity contribution < 1.29 is 25.5 Å². The maximum absolute atomic E-state index is 10.4. The van der Waals surface area contributed by atoms with E-state index in [-0.39, 0.29) is 17.9 Å². The summed E-state index contributed by atoms with van der Waals surface area (Å²) in [6, 6.07) is 2.54. The van der Waals surface area contributed by atoms with Crippen LogP contribution in [0.2, 0.25) is 0 Å². The van der Waals surface area contributed by atoms with Crippen LogP contribution >= 0.6 is 0 Å². The first-order valence-corrected chi connectivity index (χ1v) is 7.85. The van der Waals surface area contributed by atoms with Gasteiger partial charge in [0.15, 0.2) is 11.5 Å². The fourth-order valence-corrected chi connectivity index (χ4v) is 2.56. The lowest BCUT2D eigenvalue weighted by Crippen LogP contribution is -2.30. The number of rotatable bonds is 4. The minimum atomic E-state index is -0.667. The van der Waals surface area contributed by atoms with Gasteiger partial charge in [0.1, 0.15) is 5.76 Å². The van der Waals surface area contributed by atoms with Gasteiger partial charge in [-0.3, -0.25) is 0 Å². The Morgan fingerprint density at radius 3 is 2.44 bits per heavy atom. The number of phenols is 3. The largest absolute Gasteiger partial charge is 0.505 e. The van der Waals surface area contributed by atoms with Crippen LogP contribution in [-0.4, -0.2) is 44.1 Å². The number of likely N-dealkylation sites (tertiary alicyclic amines) is 1. The smallest absolute Gasteiger partial charge is 0.201 e. The summed E-state index contributed by atoms with van der Waals surface area (Å²) in [5, 5.41) is 48.6. The zero-order valence-electron chi connectivity index (χ0n) is 14.5. The van der Waals surface area contributed by atoms with Gasteiger partial charge in [0.2, 0.25) is 5.75 Å². The van der Waals surface area contributed by atoms with Crippen LogP contribution in [0.25, 0.3) is 5.76 Å². The molecule has 1 aromatic rings. The van der Waals surface area contributed by atoms with Crippen molar-refractivity contribution in [2.75, 3.05) is 13.7 Å². The first-order chi connectivity index (χ1) is 11.8. The first-order valence-electron chi connectivity index (χ1n) is 7.85. The summed E-state index contributed by atoms with van der Waals surface area (Å²) in [4.78, 5) is 1.77. The molecule has 5 N–H and O–H groups in total. The van der Waals surface area contributed by atoms with E-state index in [2.05, 4.69) is 0 Å². The summed E-state index contributed by atoms with van der Waals surface area (Å²) in [6.07, 6.45) is 6.17. The molecular weight excluding hydrogens is 322 g/mol. The Balaban J connectivity index is 2.36. The van der Waals surface area contributed by atoms with Crippen molar-refractivity contribution in [1.29, 1.82) is 0 Å². The number of aromatic hydroxyl groups is 3. The van der Waals surface area contributed by atoms with Gasteiger partial charge >= 0.3 is 0 Å². The maximum atomic E-state index is 10.4. The standard InChI is InChI=1S/C19H23NO5/c1-4-5-12(11(2)10-21)8-13-9-15(20(13)3)17(23)14-6-7-16(22)19(25)18(14)24/h4-8,21-25H,9-10H2,1-3H3/b5-4+,12-11-,13-8-,17-15?. The van der Waals surface area contributed by atoms with Crippen molar-refractivity contribution in [1.82, 2.24) is 4.90 Å². The highest BCUT2D eigenvalue weighted by molar-refractivity contribution is 5.73. The molecule has 1 aromatic carbocycles. The second-order valence-electron chi connectivity index (χ2n) is 5.89. The third-order valence-electron chi connectivity index (χ3n) is 4.24. The first kappa shape index (κ1) is 18.5. The van der Waals surface area contributed by atoms with Crippen LogP contribution in [0, 0.1) is 0 Å². The van der Waals surface area contributed by atoms with E-state index in [4.69, 9.17) is 0 Å². The van der Waals surface area contributed by atoms with Crippen LogP contribution in [0.3, 0.4) is 0 Å². The second kappa shape index (κ2) is 7.36. The molecule has 0 aliphatic carbocycles. The lowest BCUT2D eigenvalue weighted by molar-refractivity contribution is 0.330. The molecule has 1 heterocycles. The monoisotopic (exact) mass is 345 g/mol. The Kier molecular flexibility index (Phi) is 5.44. The molecule has 6 nitrogen and oxygen atoms in total. The van der Waals surface area contributed by atoms with Gasteiger partial charge in [0.25, 0.3) is 0 Å². The molecule has 1 fully saturated rings. The van der Waals surface area contributed by atoms with Crippen LogP contribution in [0.1, 0.15) is 25.8 Å². The normalized spacial score (nSPS) is 19.2. The van der Waals surface area contributed by atoms with E-state index in [0.29, 0.717) is 12.1 Å². The third-order valence-corrected chi connectivity index (χ3v) is 4.24. The second-order valence-corrected chi connectivity index (χ2v) is 5.89. The van der Waals surface area contributed by atoms with E-state index < -0.39 is 17.2 Å². The maximum Gasteiger partial charge on any atom is 0.201 e. The highest BCUT2D eigenvalue weighted by atomic mass is 16.3. The van der Waals surface area contributed by atoms with Gasteiger partial charge < -0.3 is 30.4 Å². The molecule has 0 saturated carbocycles. The van der Waals surface area contributed by atoms with Crippen molar-refractivity contribution in [3.05, 3.63) is 58.5 Å². The average molecular weight is 345 g/mol. The Morgan fingerprint density at radius 1 is 1.20 bits per heavy atom. The number of aliphatic hydroxyl groups excluding tert-OH is 2. The van der Waals surface area contributed by atoms with Gasteiger partial charge in [-0.1, -0.05) is 12.2 Å². The number of allylic oxidation sites excluding steroid dienone is 4.